The van der Waals surface area contributed by atoms with Crippen molar-refractivity contribution in [2.45, 2.75) is 38.6 Å². The van der Waals surface area contributed by atoms with E-state index < -0.39 is 5.91 Å². The molecule has 5 heteroatoms. The Morgan fingerprint density at radius 2 is 2.05 bits per heavy atom. The fourth-order valence-electron chi connectivity index (χ4n) is 2.66. The van der Waals surface area contributed by atoms with Crippen LogP contribution in [-0.4, -0.2) is 17.9 Å². The first-order valence-corrected chi connectivity index (χ1v) is 6.94. The summed E-state index contributed by atoms with van der Waals surface area (Å²) in [5.41, 5.74) is 13.1. The second-order valence-electron chi connectivity index (χ2n) is 5.51. The van der Waals surface area contributed by atoms with Crippen LogP contribution in [-0.2, 0) is 4.79 Å². The van der Waals surface area contributed by atoms with Crippen LogP contribution in [0.25, 0.3) is 0 Å². The molecule has 0 aromatic heterocycles. The molecule has 1 aliphatic carbocycles. The highest BCUT2D eigenvalue weighted by Gasteiger charge is 2.25. The Morgan fingerprint density at radius 1 is 1.30 bits per heavy atom. The highest BCUT2D eigenvalue weighted by atomic mass is 16.2. The molecule has 0 spiro atoms. The Morgan fingerprint density at radius 3 is 2.65 bits per heavy atom. The predicted octanol–water partition coefficient (Wildman–Crippen LogP) is 1.55. The van der Waals surface area contributed by atoms with E-state index in [1.165, 1.54) is 0 Å². The van der Waals surface area contributed by atoms with Crippen LogP contribution < -0.4 is 16.8 Å². The molecule has 2 atom stereocenters. The van der Waals surface area contributed by atoms with Crippen LogP contribution in [0.5, 0.6) is 0 Å². The maximum Gasteiger partial charge on any atom is 0.248 e. The van der Waals surface area contributed by atoms with Crippen molar-refractivity contribution in [3.63, 3.8) is 0 Å². The summed E-state index contributed by atoms with van der Waals surface area (Å²) in [6, 6.07) is 5.15. The quantitative estimate of drug-likeness (QED) is 0.780. The standard InChI is InChI=1S/C15H21N3O2/c1-9-7-10(14(17)19)5-6-13(9)18-15(20)11-3-2-4-12(16)8-11/h5-7,11-12H,2-4,8,16H2,1H3,(H2,17,19)(H,18,20). The zero-order chi connectivity index (χ0) is 14.7. The van der Waals surface area contributed by atoms with Crippen LogP contribution in [0.1, 0.15) is 41.6 Å². The normalized spacial score (nSPS) is 22.3. The van der Waals surface area contributed by atoms with Crippen molar-refractivity contribution in [1.82, 2.24) is 0 Å². The van der Waals surface area contributed by atoms with Gasteiger partial charge in [0, 0.05) is 23.2 Å². The lowest BCUT2D eigenvalue weighted by Gasteiger charge is -2.25. The van der Waals surface area contributed by atoms with E-state index >= 15 is 0 Å². The molecule has 0 saturated heterocycles. The number of nitrogens with one attached hydrogen (secondary N) is 1. The van der Waals surface area contributed by atoms with Crippen LogP contribution in [0.15, 0.2) is 18.2 Å². The Balaban J connectivity index is 2.06. The first-order chi connectivity index (χ1) is 9.47. The molecule has 2 rings (SSSR count). The van der Waals surface area contributed by atoms with E-state index in [1.807, 2.05) is 6.92 Å². The molecular formula is C15H21N3O2. The van der Waals surface area contributed by atoms with Crippen molar-refractivity contribution in [3.8, 4) is 0 Å². The Kier molecular flexibility index (Phi) is 4.39. The fraction of sp³-hybridized carbons (Fsp3) is 0.467. The highest BCUT2D eigenvalue weighted by molar-refractivity contribution is 5.96. The Hall–Kier alpha value is -1.88. The third-order valence-electron chi connectivity index (χ3n) is 3.85. The summed E-state index contributed by atoms with van der Waals surface area (Å²) in [4.78, 5) is 23.3. The van der Waals surface area contributed by atoms with Gasteiger partial charge in [-0.15, -0.1) is 0 Å². The van der Waals surface area contributed by atoms with Crippen molar-refractivity contribution in [3.05, 3.63) is 29.3 Å². The van der Waals surface area contributed by atoms with Crippen LogP contribution in [0.4, 0.5) is 5.69 Å². The summed E-state index contributed by atoms with van der Waals surface area (Å²) in [7, 11) is 0. The number of primary amides is 1. The molecule has 0 bridgehead atoms. The summed E-state index contributed by atoms with van der Waals surface area (Å²) in [5, 5.41) is 2.92. The fourth-order valence-corrected chi connectivity index (χ4v) is 2.66. The van der Waals surface area contributed by atoms with Crippen LogP contribution in [0.2, 0.25) is 0 Å². The van der Waals surface area contributed by atoms with E-state index in [9.17, 15) is 9.59 Å². The Labute approximate surface area is 118 Å². The first-order valence-electron chi connectivity index (χ1n) is 6.94. The van der Waals surface area contributed by atoms with Gasteiger partial charge in [0.25, 0.3) is 0 Å². The topological polar surface area (TPSA) is 98.2 Å². The maximum absolute atomic E-state index is 12.2. The molecule has 1 aromatic rings. The van der Waals surface area contributed by atoms with Gasteiger partial charge in [-0.25, -0.2) is 0 Å². The molecule has 20 heavy (non-hydrogen) atoms. The number of hydrogen-bond acceptors (Lipinski definition) is 3. The van der Waals surface area contributed by atoms with Crippen LogP contribution in [0, 0.1) is 12.8 Å². The van der Waals surface area contributed by atoms with E-state index in [-0.39, 0.29) is 17.9 Å². The summed E-state index contributed by atoms with van der Waals surface area (Å²) in [6.45, 7) is 1.84. The van der Waals surface area contributed by atoms with E-state index in [2.05, 4.69) is 5.32 Å². The van der Waals surface area contributed by atoms with E-state index in [0.717, 1.165) is 36.9 Å². The number of anilines is 1. The molecule has 0 radical (unpaired) electrons. The second-order valence-corrected chi connectivity index (χ2v) is 5.51. The van der Waals surface area contributed by atoms with Gasteiger partial charge in [0.1, 0.15) is 0 Å². The minimum Gasteiger partial charge on any atom is -0.366 e. The summed E-state index contributed by atoms with van der Waals surface area (Å²) in [5.74, 6) is -0.478. The zero-order valence-corrected chi connectivity index (χ0v) is 11.7. The molecule has 108 valence electrons. The number of benzene rings is 1. The van der Waals surface area contributed by atoms with Crippen molar-refractivity contribution in [2.24, 2.45) is 17.4 Å². The third kappa shape index (κ3) is 3.36. The first kappa shape index (κ1) is 14.5. The zero-order valence-electron chi connectivity index (χ0n) is 11.7. The summed E-state index contributed by atoms with van der Waals surface area (Å²) < 4.78 is 0. The van der Waals surface area contributed by atoms with Gasteiger partial charge in [0.15, 0.2) is 0 Å². The van der Waals surface area contributed by atoms with Crippen molar-refractivity contribution in [2.75, 3.05) is 5.32 Å². The smallest absolute Gasteiger partial charge is 0.248 e. The van der Waals surface area contributed by atoms with Gasteiger partial charge in [-0.3, -0.25) is 9.59 Å². The van der Waals surface area contributed by atoms with Crippen LogP contribution >= 0.6 is 0 Å². The van der Waals surface area contributed by atoms with Gasteiger partial charge >= 0.3 is 0 Å². The number of carbonyl (C=O) groups is 2. The van der Waals surface area contributed by atoms with Gasteiger partial charge in [-0.05, 0) is 49.9 Å². The maximum atomic E-state index is 12.2. The van der Waals surface area contributed by atoms with Crippen LogP contribution in [0.3, 0.4) is 0 Å². The number of hydrogen-bond donors (Lipinski definition) is 3. The van der Waals surface area contributed by atoms with E-state index in [0.29, 0.717) is 5.56 Å². The highest BCUT2D eigenvalue weighted by Crippen LogP contribution is 2.25. The third-order valence-corrected chi connectivity index (χ3v) is 3.85. The van der Waals surface area contributed by atoms with Crippen molar-refractivity contribution < 1.29 is 9.59 Å². The lowest BCUT2D eigenvalue weighted by Crippen LogP contribution is -2.34. The van der Waals surface area contributed by atoms with E-state index in [4.69, 9.17) is 11.5 Å². The number of rotatable bonds is 3. The largest absolute Gasteiger partial charge is 0.366 e. The van der Waals surface area contributed by atoms with Gasteiger partial charge in [-0.2, -0.15) is 0 Å². The van der Waals surface area contributed by atoms with Gasteiger partial charge < -0.3 is 16.8 Å². The monoisotopic (exact) mass is 275 g/mol. The molecule has 0 heterocycles. The summed E-state index contributed by atoms with van der Waals surface area (Å²) in [6.07, 6.45) is 3.62. The molecular weight excluding hydrogens is 254 g/mol. The minimum absolute atomic E-state index is 0.00933. The second kappa shape index (κ2) is 6.05. The number of amides is 2. The van der Waals surface area contributed by atoms with Gasteiger partial charge in [0.2, 0.25) is 11.8 Å². The van der Waals surface area contributed by atoms with Crippen molar-refractivity contribution >= 4 is 17.5 Å². The molecule has 1 aromatic carbocycles. The average Bonchev–Trinajstić information content (AvgIpc) is 2.40. The van der Waals surface area contributed by atoms with E-state index in [1.54, 1.807) is 18.2 Å². The molecule has 5 nitrogen and oxygen atoms in total. The molecule has 5 N–H and O–H groups in total. The number of carbonyl (C=O) groups excluding carboxylic acids is 2. The predicted molar refractivity (Wildman–Crippen MR) is 78.3 cm³/mol. The molecule has 1 aliphatic rings. The number of nitrogens with two attached hydrogens (primary N) is 2. The minimum atomic E-state index is -0.468. The number of aryl methyl sites for hydroxylation is 1. The lowest BCUT2D eigenvalue weighted by atomic mass is 9.85. The molecule has 1 saturated carbocycles. The Bertz CT molecular complexity index is 528. The molecule has 0 aliphatic heterocycles. The van der Waals surface area contributed by atoms with Gasteiger partial charge in [0.05, 0.1) is 0 Å². The van der Waals surface area contributed by atoms with Crippen molar-refractivity contribution in [1.29, 1.82) is 0 Å². The molecule has 1 fully saturated rings. The molecule has 2 amide bonds. The average molecular weight is 275 g/mol. The summed E-state index contributed by atoms with van der Waals surface area (Å²) >= 11 is 0. The van der Waals surface area contributed by atoms with Gasteiger partial charge in [-0.1, -0.05) is 6.42 Å². The SMILES string of the molecule is Cc1cc(C(N)=O)ccc1NC(=O)C1CCCC(N)C1. The molecule has 2 unspecified atom stereocenters. The lowest BCUT2D eigenvalue weighted by molar-refractivity contribution is -0.120.